The molecule has 0 aromatic heterocycles. The average Bonchev–Trinajstić information content (AvgIpc) is 3.10. The molecule has 0 aromatic carbocycles. The summed E-state index contributed by atoms with van der Waals surface area (Å²) >= 11 is 0. The van der Waals surface area contributed by atoms with E-state index in [1.165, 1.54) is 0 Å². The second-order valence-corrected chi connectivity index (χ2v) is 6.70. The Morgan fingerprint density at radius 1 is 1.24 bits per heavy atom. The third-order valence-electron chi connectivity index (χ3n) is 3.50. The minimum absolute atomic E-state index is 0.174. The predicted octanol–water partition coefficient (Wildman–Crippen LogP) is 0.447. The molecule has 2 rings (SSSR count). The van der Waals surface area contributed by atoms with Crippen molar-refractivity contribution in [3.8, 4) is 0 Å². The van der Waals surface area contributed by atoms with Crippen molar-refractivity contribution >= 4 is 10.2 Å². The Labute approximate surface area is 104 Å². The lowest BCUT2D eigenvalue weighted by atomic mass is 10.0. The Morgan fingerprint density at radius 3 is 2.65 bits per heavy atom. The summed E-state index contributed by atoms with van der Waals surface area (Å²) in [5, 5.41) is 3.10. The predicted molar refractivity (Wildman–Crippen MR) is 68.0 cm³/mol. The lowest BCUT2D eigenvalue weighted by Gasteiger charge is -2.34. The third-order valence-corrected chi connectivity index (χ3v) is 5.23. The van der Waals surface area contributed by atoms with E-state index >= 15 is 0 Å². The minimum atomic E-state index is -3.24. The van der Waals surface area contributed by atoms with Crippen molar-refractivity contribution in [1.29, 1.82) is 0 Å². The van der Waals surface area contributed by atoms with Gasteiger partial charge in [0.2, 0.25) is 0 Å². The molecule has 1 saturated heterocycles. The SMILES string of the molecule is CNCCC1CCCCN1S(=O)(=O)NC1CC1. The molecule has 0 bridgehead atoms. The van der Waals surface area contributed by atoms with Gasteiger partial charge in [0.15, 0.2) is 0 Å². The van der Waals surface area contributed by atoms with Gasteiger partial charge in [-0.15, -0.1) is 0 Å². The maximum atomic E-state index is 12.2. The summed E-state index contributed by atoms with van der Waals surface area (Å²) < 4.78 is 28.9. The van der Waals surface area contributed by atoms with Crippen LogP contribution in [0.25, 0.3) is 0 Å². The van der Waals surface area contributed by atoms with Gasteiger partial charge in [-0.3, -0.25) is 0 Å². The first kappa shape index (κ1) is 13.3. The first-order valence-electron chi connectivity index (χ1n) is 6.57. The van der Waals surface area contributed by atoms with Gasteiger partial charge in [-0.05, 0) is 45.7 Å². The van der Waals surface area contributed by atoms with E-state index in [4.69, 9.17) is 0 Å². The fourth-order valence-electron chi connectivity index (χ4n) is 2.37. The number of piperidine rings is 1. The molecule has 2 N–H and O–H groups in total. The zero-order valence-electron chi connectivity index (χ0n) is 10.5. The Hall–Kier alpha value is -0.170. The van der Waals surface area contributed by atoms with E-state index in [0.29, 0.717) is 6.54 Å². The van der Waals surface area contributed by atoms with Crippen molar-refractivity contribution < 1.29 is 8.42 Å². The van der Waals surface area contributed by atoms with Gasteiger partial charge in [-0.25, -0.2) is 0 Å². The third kappa shape index (κ3) is 3.64. The van der Waals surface area contributed by atoms with Crippen LogP contribution in [0, 0.1) is 0 Å². The van der Waals surface area contributed by atoms with Crippen LogP contribution >= 0.6 is 0 Å². The van der Waals surface area contributed by atoms with E-state index in [9.17, 15) is 8.42 Å². The van der Waals surface area contributed by atoms with Gasteiger partial charge in [0.25, 0.3) is 10.2 Å². The van der Waals surface area contributed by atoms with Gasteiger partial charge >= 0.3 is 0 Å². The highest BCUT2D eigenvalue weighted by atomic mass is 32.2. The van der Waals surface area contributed by atoms with Crippen LogP contribution in [0.3, 0.4) is 0 Å². The minimum Gasteiger partial charge on any atom is -0.320 e. The molecular weight excluding hydrogens is 238 g/mol. The fourth-order valence-corrected chi connectivity index (χ4v) is 4.13. The van der Waals surface area contributed by atoms with E-state index in [1.807, 2.05) is 7.05 Å². The van der Waals surface area contributed by atoms with Crippen LogP contribution in [0.15, 0.2) is 0 Å². The van der Waals surface area contributed by atoms with Gasteiger partial charge in [0.05, 0.1) is 0 Å². The molecule has 1 heterocycles. The van der Waals surface area contributed by atoms with Crippen molar-refractivity contribution in [2.75, 3.05) is 20.1 Å². The number of rotatable bonds is 6. The van der Waals surface area contributed by atoms with Crippen molar-refractivity contribution in [1.82, 2.24) is 14.3 Å². The molecule has 1 atom stereocenters. The molecule has 0 aromatic rings. The first-order valence-corrected chi connectivity index (χ1v) is 8.01. The second-order valence-electron chi connectivity index (χ2n) is 5.05. The zero-order chi connectivity index (χ0) is 12.3. The van der Waals surface area contributed by atoms with Crippen LogP contribution < -0.4 is 10.0 Å². The molecule has 2 fully saturated rings. The van der Waals surface area contributed by atoms with Gasteiger partial charge < -0.3 is 5.32 Å². The van der Waals surface area contributed by atoms with E-state index in [1.54, 1.807) is 4.31 Å². The molecular formula is C11H23N3O2S. The first-order chi connectivity index (χ1) is 8.13. The molecule has 1 aliphatic carbocycles. The van der Waals surface area contributed by atoms with E-state index < -0.39 is 10.2 Å². The largest absolute Gasteiger partial charge is 0.320 e. The molecule has 1 saturated carbocycles. The molecule has 5 nitrogen and oxygen atoms in total. The van der Waals surface area contributed by atoms with E-state index in [0.717, 1.165) is 45.1 Å². The number of nitrogens with zero attached hydrogens (tertiary/aromatic N) is 1. The van der Waals surface area contributed by atoms with Crippen molar-refractivity contribution in [2.24, 2.45) is 0 Å². The van der Waals surface area contributed by atoms with Gasteiger partial charge in [0.1, 0.15) is 0 Å². The second kappa shape index (κ2) is 5.65. The summed E-state index contributed by atoms with van der Waals surface area (Å²) in [6, 6.07) is 0.374. The van der Waals surface area contributed by atoms with Crippen LogP contribution in [0.4, 0.5) is 0 Å². The molecule has 6 heteroatoms. The summed E-state index contributed by atoms with van der Waals surface area (Å²) in [4.78, 5) is 0. The summed E-state index contributed by atoms with van der Waals surface area (Å²) in [5.74, 6) is 0. The monoisotopic (exact) mass is 261 g/mol. The lowest BCUT2D eigenvalue weighted by Crippen LogP contribution is -2.50. The highest BCUT2D eigenvalue weighted by molar-refractivity contribution is 7.87. The topological polar surface area (TPSA) is 61.4 Å². The normalized spacial score (nSPS) is 27.2. The lowest BCUT2D eigenvalue weighted by molar-refractivity contribution is 0.237. The van der Waals surface area contributed by atoms with Crippen LogP contribution in [0.5, 0.6) is 0 Å². The van der Waals surface area contributed by atoms with Gasteiger partial charge in [-0.2, -0.15) is 17.4 Å². The molecule has 1 aliphatic heterocycles. The summed E-state index contributed by atoms with van der Waals surface area (Å²) in [6.45, 7) is 1.55. The van der Waals surface area contributed by atoms with Crippen LogP contribution in [-0.2, 0) is 10.2 Å². The standard InChI is InChI=1S/C11H23N3O2S/c1-12-8-7-11-4-2-3-9-14(11)17(15,16)13-10-5-6-10/h10-13H,2-9H2,1H3. The zero-order valence-corrected chi connectivity index (χ0v) is 11.3. The Kier molecular flexibility index (Phi) is 4.41. The summed E-state index contributed by atoms with van der Waals surface area (Å²) in [7, 11) is -1.34. The quantitative estimate of drug-likeness (QED) is 0.729. The Bertz CT molecular complexity index is 341. The number of hydrogen-bond donors (Lipinski definition) is 2. The highest BCUT2D eigenvalue weighted by Crippen LogP contribution is 2.25. The highest BCUT2D eigenvalue weighted by Gasteiger charge is 2.35. The van der Waals surface area contributed by atoms with E-state index in [2.05, 4.69) is 10.0 Å². The van der Waals surface area contributed by atoms with Crippen LogP contribution in [0.2, 0.25) is 0 Å². The smallest absolute Gasteiger partial charge is 0.279 e. The Morgan fingerprint density at radius 2 is 2.00 bits per heavy atom. The fraction of sp³-hybridized carbons (Fsp3) is 1.00. The number of nitrogens with one attached hydrogen (secondary N) is 2. The van der Waals surface area contributed by atoms with E-state index in [-0.39, 0.29) is 12.1 Å². The van der Waals surface area contributed by atoms with Crippen molar-refractivity contribution in [3.63, 3.8) is 0 Å². The molecule has 100 valence electrons. The molecule has 0 spiro atoms. The maximum Gasteiger partial charge on any atom is 0.279 e. The van der Waals surface area contributed by atoms with Gasteiger partial charge in [-0.1, -0.05) is 6.42 Å². The van der Waals surface area contributed by atoms with Crippen LogP contribution in [-0.4, -0.2) is 44.9 Å². The molecule has 2 aliphatic rings. The molecule has 17 heavy (non-hydrogen) atoms. The molecule has 0 radical (unpaired) electrons. The molecule has 0 amide bonds. The summed E-state index contributed by atoms with van der Waals surface area (Å²) in [6.07, 6.45) is 6.02. The van der Waals surface area contributed by atoms with Crippen molar-refractivity contribution in [2.45, 2.75) is 50.6 Å². The van der Waals surface area contributed by atoms with Crippen molar-refractivity contribution in [3.05, 3.63) is 0 Å². The molecule has 1 unspecified atom stereocenters. The summed E-state index contributed by atoms with van der Waals surface area (Å²) in [5.41, 5.74) is 0. The maximum absolute atomic E-state index is 12.2. The van der Waals surface area contributed by atoms with Gasteiger partial charge in [0, 0.05) is 18.6 Å². The number of hydrogen-bond acceptors (Lipinski definition) is 3. The van der Waals surface area contributed by atoms with Crippen LogP contribution in [0.1, 0.15) is 38.5 Å². The Balaban J connectivity index is 1.98. The average molecular weight is 261 g/mol.